The van der Waals surface area contributed by atoms with Gasteiger partial charge in [-0.15, -0.1) is 0 Å². The van der Waals surface area contributed by atoms with Crippen molar-refractivity contribution in [1.82, 2.24) is 4.90 Å². The van der Waals surface area contributed by atoms with Gasteiger partial charge in [-0.3, -0.25) is 0 Å². The highest BCUT2D eigenvalue weighted by Crippen LogP contribution is 2.36. The van der Waals surface area contributed by atoms with Crippen molar-refractivity contribution in [3.63, 3.8) is 0 Å². The lowest BCUT2D eigenvalue weighted by atomic mass is 10.0. The molecule has 1 saturated heterocycles. The van der Waals surface area contributed by atoms with Crippen molar-refractivity contribution >= 4 is 23.1 Å². The minimum Gasteiger partial charge on any atom is -0.356 e. The maximum absolute atomic E-state index is 6.25. The Morgan fingerprint density at radius 3 is 3.06 bits per heavy atom. The fourth-order valence-corrected chi connectivity index (χ4v) is 2.74. The lowest BCUT2D eigenvalue weighted by Gasteiger charge is -2.34. The second-order valence-corrected chi connectivity index (χ2v) is 5.01. The summed E-state index contributed by atoms with van der Waals surface area (Å²) in [6.45, 7) is 4.18. The molecule has 3 heteroatoms. The Kier molecular flexibility index (Phi) is 2.40. The van der Waals surface area contributed by atoms with Crippen LogP contribution in [0.1, 0.15) is 30.4 Å². The van der Waals surface area contributed by atoms with Crippen molar-refractivity contribution in [2.45, 2.75) is 32.7 Å². The minimum absolute atomic E-state index is 0.856. The third-order valence-corrected chi connectivity index (χ3v) is 3.81. The van der Waals surface area contributed by atoms with E-state index in [1.54, 1.807) is 0 Å². The monoisotopic (exact) mass is 234 g/mol. The molecule has 1 fully saturated rings. The van der Waals surface area contributed by atoms with E-state index in [4.69, 9.17) is 16.6 Å². The Labute approximate surface area is 101 Å². The van der Waals surface area contributed by atoms with Crippen molar-refractivity contribution in [3.05, 3.63) is 28.3 Å². The molecule has 3 rings (SSSR count). The van der Waals surface area contributed by atoms with Crippen LogP contribution >= 0.6 is 11.6 Å². The zero-order valence-corrected chi connectivity index (χ0v) is 10.2. The van der Waals surface area contributed by atoms with Gasteiger partial charge in [0, 0.05) is 30.1 Å². The molecule has 0 aromatic heterocycles. The van der Waals surface area contributed by atoms with Gasteiger partial charge in [-0.2, -0.15) is 0 Å². The van der Waals surface area contributed by atoms with Crippen LogP contribution in [0.2, 0.25) is 5.02 Å². The average molecular weight is 235 g/mol. The van der Waals surface area contributed by atoms with E-state index in [1.165, 1.54) is 29.8 Å². The zero-order valence-electron chi connectivity index (χ0n) is 9.46. The van der Waals surface area contributed by atoms with Gasteiger partial charge in [-0.25, -0.2) is 4.99 Å². The predicted octanol–water partition coefficient (Wildman–Crippen LogP) is 3.68. The van der Waals surface area contributed by atoms with Gasteiger partial charge in [0.25, 0.3) is 0 Å². The summed E-state index contributed by atoms with van der Waals surface area (Å²) in [6.07, 6.45) is 3.66. The summed E-state index contributed by atoms with van der Waals surface area (Å²) in [5, 5.41) is 0.856. The van der Waals surface area contributed by atoms with Crippen LogP contribution in [0.15, 0.2) is 17.1 Å². The minimum atomic E-state index is 0.856. The first-order chi connectivity index (χ1) is 7.75. The van der Waals surface area contributed by atoms with Crippen LogP contribution in [-0.4, -0.2) is 17.3 Å². The number of piperidine rings is 1. The molecule has 0 bridgehead atoms. The largest absolute Gasteiger partial charge is 0.356 e. The third kappa shape index (κ3) is 1.52. The van der Waals surface area contributed by atoms with Gasteiger partial charge in [0.2, 0.25) is 0 Å². The number of halogens is 1. The number of amidine groups is 1. The Balaban J connectivity index is 2.12. The van der Waals surface area contributed by atoms with Gasteiger partial charge >= 0.3 is 0 Å². The summed E-state index contributed by atoms with van der Waals surface area (Å²) in [5.41, 5.74) is 3.55. The number of aliphatic imine (C=N–C) groups is 1. The van der Waals surface area contributed by atoms with Crippen LogP contribution in [0.25, 0.3) is 0 Å². The van der Waals surface area contributed by atoms with Gasteiger partial charge in [-0.05, 0) is 31.4 Å². The van der Waals surface area contributed by atoms with Gasteiger partial charge in [0.1, 0.15) is 5.84 Å². The van der Waals surface area contributed by atoms with E-state index < -0.39 is 0 Å². The standard InChI is InChI=1S/C13H15ClN2/c1-9-5-6-11(14)10-8-16-7-3-2-4-12(16)15-13(9)10/h5-6H,2-4,7-8H2,1H3. The maximum Gasteiger partial charge on any atom is 0.105 e. The SMILES string of the molecule is Cc1ccc(Cl)c2c1N=C1CCCCN1C2. The molecule has 0 aliphatic carbocycles. The highest BCUT2D eigenvalue weighted by Gasteiger charge is 2.24. The highest BCUT2D eigenvalue weighted by molar-refractivity contribution is 6.31. The Hall–Kier alpha value is -1.02. The Bertz CT molecular complexity index is 465. The van der Waals surface area contributed by atoms with Crippen LogP contribution < -0.4 is 0 Å². The van der Waals surface area contributed by atoms with E-state index >= 15 is 0 Å². The number of benzene rings is 1. The average Bonchev–Trinajstić information content (AvgIpc) is 2.32. The Morgan fingerprint density at radius 2 is 2.19 bits per heavy atom. The van der Waals surface area contributed by atoms with Crippen molar-refractivity contribution < 1.29 is 0 Å². The van der Waals surface area contributed by atoms with Crippen molar-refractivity contribution in [3.8, 4) is 0 Å². The number of fused-ring (bicyclic) bond motifs is 2. The molecule has 0 unspecified atom stereocenters. The molecule has 1 aromatic carbocycles. The lowest BCUT2D eigenvalue weighted by Crippen LogP contribution is -2.36. The van der Waals surface area contributed by atoms with E-state index in [1.807, 2.05) is 6.07 Å². The van der Waals surface area contributed by atoms with Crippen LogP contribution in [0.5, 0.6) is 0 Å². The summed E-state index contributed by atoms with van der Waals surface area (Å²) >= 11 is 6.25. The number of hydrogen-bond acceptors (Lipinski definition) is 2. The first-order valence-corrected chi connectivity index (χ1v) is 6.24. The summed E-state index contributed by atoms with van der Waals surface area (Å²) in [7, 11) is 0. The van der Waals surface area contributed by atoms with Crippen LogP contribution in [0, 0.1) is 6.92 Å². The van der Waals surface area contributed by atoms with Crippen molar-refractivity contribution in [2.24, 2.45) is 4.99 Å². The summed E-state index contributed by atoms with van der Waals surface area (Å²) in [4.78, 5) is 7.16. The highest BCUT2D eigenvalue weighted by atomic mass is 35.5. The summed E-state index contributed by atoms with van der Waals surface area (Å²) < 4.78 is 0. The summed E-state index contributed by atoms with van der Waals surface area (Å²) in [6, 6.07) is 4.05. The molecule has 0 saturated carbocycles. The zero-order chi connectivity index (χ0) is 11.1. The summed E-state index contributed by atoms with van der Waals surface area (Å²) in [5.74, 6) is 1.25. The predicted molar refractivity (Wildman–Crippen MR) is 67.5 cm³/mol. The molecule has 0 radical (unpaired) electrons. The molecule has 2 heterocycles. The first kappa shape index (κ1) is 10.2. The maximum atomic E-state index is 6.25. The molecule has 2 aliphatic rings. The topological polar surface area (TPSA) is 15.6 Å². The van der Waals surface area contributed by atoms with Crippen LogP contribution in [0.3, 0.4) is 0 Å². The molecule has 84 valence electrons. The van der Waals surface area contributed by atoms with Gasteiger partial charge < -0.3 is 4.90 Å². The molecular weight excluding hydrogens is 220 g/mol. The third-order valence-electron chi connectivity index (χ3n) is 3.46. The van der Waals surface area contributed by atoms with E-state index in [0.29, 0.717) is 0 Å². The second-order valence-electron chi connectivity index (χ2n) is 4.60. The number of hydrogen-bond donors (Lipinski definition) is 0. The molecule has 2 aliphatic heterocycles. The van der Waals surface area contributed by atoms with E-state index in [0.717, 1.165) is 30.2 Å². The van der Waals surface area contributed by atoms with E-state index in [9.17, 15) is 0 Å². The molecule has 16 heavy (non-hydrogen) atoms. The number of aryl methyl sites for hydroxylation is 1. The second kappa shape index (κ2) is 3.77. The molecule has 0 atom stereocenters. The molecule has 2 nitrogen and oxygen atoms in total. The van der Waals surface area contributed by atoms with Gasteiger partial charge in [-0.1, -0.05) is 17.7 Å². The van der Waals surface area contributed by atoms with Gasteiger partial charge in [0.05, 0.1) is 5.69 Å². The Morgan fingerprint density at radius 1 is 1.31 bits per heavy atom. The molecule has 0 amide bonds. The number of rotatable bonds is 0. The van der Waals surface area contributed by atoms with Gasteiger partial charge in [0.15, 0.2) is 0 Å². The first-order valence-electron chi connectivity index (χ1n) is 5.86. The quantitative estimate of drug-likeness (QED) is 0.669. The number of nitrogens with zero attached hydrogens (tertiary/aromatic N) is 2. The van der Waals surface area contributed by atoms with Crippen molar-refractivity contribution in [2.75, 3.05) is 6.54 Å². The molecular formula is C13H15ClN2. The molecule has 0 spiro atoms. The smallest absolute Gasteiger partial charge is 0.105 e. The normalized spacial score (nSPS) is 18.9. The van der Waals surface area contributed by atoms with Crippen molar-refractivity contribution in [1.29, 1.82) is 0 Å². The fraction of sp³-hybridized carbons (Fsp3) is 0.462. The van der Waals surface area contributed by atoms with E-state index in [-0.39, 0.29) is 0 Å². The molecule has 1 aromatic rings. The van der Waals surface area contributed by atoms with Crippen LogP contribution in [-0.2, 0) is 6.54 Å². The lowest BCUT2D eigenvalue weighted by molar-refractivity contribution is 0.359. The van der Waals surface area contributed by atoms with Crippen LogP contribution in [0.4, 0.5) is 5.69 Å². The van der Waals surface area contributed by atoms with E-state index in [2.05, 4.69) is 17.9 Å². The molecule has 0 N–H and O–H groups in total. The fourth-order valence-electron chi connectivity index (χ4n) is 2.52.